The van der Waals surface area contributed by atoms with Crippen LogP contribution >= 0.6 is 0 Å². The molecule has 5 nitrogen and oxygen atoms in total. The lowest BCUT2D eigenvalue weighted by Crippen LogP contribution is -2.49. The van der Waals surface area contributed by atoms with Crippen LogP contribution in [-0.4, -0.2) is 34.2 Å². The van der Waals surface area contributed by atoms with Crippen molar-refractivity contribution in [2.45, 2.75) is 66.0 Å². The molecular formula is C20H32N5+. The summed E-state index contributed by atoms with van der Waals surface area (Å²) in [7, 11) is 2.15. The fraction of sp³-hybridized carbons (Fsp3) is 0.550. The van der Waals surface area contributed by atoms with Crippen LogP contribution in [0.25, 0.3) is 0 Å². The van der Waals surface area contributed by atoms with Crippen molar-refractivity contribution in [2.75, 3.05) is 9.80 Å². The number of hydrogen-bond acceptors (Lipinski definition) is 4. The summed E-state index contributed by atoms with van der Waals surface area (Å²) in [5.74, 6) is 2.40. The summed E-state index contributed by atoms with van der Waals surface area (Å²) in [4.78, 5) is 9.44. The normalized spacial score (nSPS) is 23.1. The van der Waals surface area contributed by atoms with Gasteiger partial charge in [-0.05, 0) is 47.6 Å². The molecule has 0 aromatic carbocycles. The Morgan fingerprint density at radius 3 is 1.48 bits per heavy atom. The van der Waals surface area contributed by atoms with Crippen molar-refractivity contribution in [1.29, 1.82) is 0 Å². The molecule has 1 aromatic rings. The molecule has 0 amide bonds. The third-order valence-corrected chi connectivity index (χ3v) is 5.37. The van der Waals surface area contributed by atoms with Crippen molar-refractivity contribution in [1.82, 2.24) is 9.80 Å². The van der Waals surface area contributed by atoms with E-state index in [1.165, 1.54) is 11.6 Å². The molecule has 0 aliphatic carbocycles. The SMILES string of the molecule is CC(C)N1C=CN(c2cccc(N3C=CN(C(C)C)[C@H]3C)[n+]2C)[C@H]1C. The van der Waals surface area contributed by atoms with E-state index in [-0.39, 0.29) is 0 Å². The molecule has 0 bridgehead atoms. The lowest BCUT2D eigenvalue weighted by atomic mass is 10.3. The van der Waals surface area contributed by atoms with Gasteiger partial charge >= 0.3 is 0 Å². The highest BCUT2D eigenvalue weighted by molar-refractivity contribution is 5.48. The van der Waals surface area contributed by atoms with Crippen LogP contribution in [0.15, 0.2) is 43.0 Å². The molecule has 0 spiro atoms. The summed E-state index contributed by atoms with van der Waals surface area (Å²) >= 11 is 0. The minimum absolute atomic E-state index is 0.320. The molecule has 2 atom stereocenters. The first-order valence-electron chi connectivity index (χ1n) is 9.30. The van der Waals surface area contributed by atoms with Crippen LogP contribution in [-0.2, 0) is 7.05 Å². The Labute approximate surface area is 152 Å². The fourth-order valence-electron chi connectivity index (χ4n) is 3.91. The van der Waals surface area contributed by atoms with Crippen molar-refractivity contribution in [3.05, 3.63) is 43.0 Å². The van der Waals surface area contributed by atoms with Crippen molar-refractivity contribution < 1.29 is 4.57 Å². The first-order chi connectivity index (χ1) is 11.8. The number of rotatable bonds is 4. The molecule has 136 valence electrons. The second-order valence-electron chi connectivity index (χ2n) is 7.56. The van der Waals surface area contributed by atoms with E-state index in [1.54, 1.807) is 0 Å². The summed E-state index contributed by atoms with van der Waals surface area (Å²) in [6.07, 6.45) is 9.41. The van der Waals surface area contributed by atoms with E-state index in [1.807, 2.05) is 0 Å². The molecule has 0 unspecified atom stereocenters. The van der Waals surface area contributed by atoms with Crippen LogP contribution in [0.1, 0.15) is 41.5 Å². The third-order valence-electron chi connectivity index (χ3n) is 5.37. The van der Waals surface area contributed by atoms with E-state index in [4.69, 9.17) is 0 Å². The van der Waals surface area contributed by atoms with E-state index >= 15 is 0 Å². The van der Waals surface area contributed by atoms with Gasteiger partial charge in [-0.15, -0.1) is 0 Å². The maximum atomic E-state index is 2.38. The second-order valence-corrected chi connectivity index (χ2v) is 7.56. The minimum atomic E-state index is 0.320. The summed E-state index contributed by atoms with van der Waals surface area (Å²) in [5, 5.41) is 0. The zero-order valence-corrected chi connectivity index (χ0v) is 16.6. The van der Waals surface area contributed by atoms with E-state index < -0.39 is 0 Å². The molecular weight excluding hydrogens is 310 g/mol. The molecule has 3 rings (SSSR count). The van der Waals surface area contributed by atoms with Crippen LogP contribution in [0.2, 0.25) is 0 Å². The topological polar surface area (TPSA) is 16.8 Å². The van der Waals surface area contributed by atoms with Crippen LogP contribution in [0.3, 0.4) is 0 Å². The van der Waals surface area contributed by atoms with Crippen molar-refractivity contribution >= 4 is 11.6 Å². The summed E-state index contributed by atoms with van der Waals surface area (Å²) in [6, 6.07) is 7.52. The molecule has 0 saturated carbocycles. The number of hydrogen-bond donors (Lipinski definition) is 0. The van der Waals surface area contributed by atoms with Crippen molar-refractivity contribution in [3.8, 4) is 0 Å². The number of pyridine rings is 1. The summed E-state index contributed by atoms with van der Waals surface area (Å²) < 4.78 is 2.29. The summed E-state index contributed by atoms with van der Waals surface area (Å²) in [6.45, 7) is 13.4. The molecule has 2 aliphatic rings. The van der Waals surface area contributed by atoms with Gasteiger partial charge in [0.05, 0.1) is 19.4 Å². The van der Waals surface area contributed by atoms with Gasteiger partial charge < -0.3 is 9.80 Å². The maximum absolute atomic E-state index is 2.38. The van der Waals surface area contributed by atoms with E-state index in [0.29, 0.717) is 24.4 Å². The zero-order chi connectivity index (χ0) is 18.3. The van der Waals surface area contributed by atoms with Gasteiger partial charge in [0.1, 0.15) is 12.3 Å². The van der Waals surface area contributed by atoms with Crippen LogP contribution in [0, 0.1) is 0 Å². The van der Waals surface area contributed by atoms with E-state index in [0.717, 1.165) is 0 Å². The number of nitrogens with zero attached hydrogens (tertiary/aromatic N) is 5. The quantitative estimate of drug-likeness (QED) is 0.781. The van der Waals surface area contributed by atoms with Crippen molar-refractivity contribution in [2.24, 2.45) is 7.05 Å². The monoisotopic (exact) mass is 342 g/mol. The second kappa shape index (κ2) is 6.62. The number of anilines is 2. The van der Waals surface area contributed by atoms with Gasteiger partial charge in [0.15, 0.2) is 0 Å². The predicted octanol–water partition coefficient (Wildman–Crippen LogP) is 3.21. The molecule has 3 heterocycles. The highest BCUT2D eigenvalue weighted by Crippen LogP contribution is 2.27. The van der Waals surface area contributed by atoms with Gasteiger partial charge in [-0.3, -0.25) is 0 Å². The average Bonchev–Trinajstić information content (AvgIpc) is 3.11. The van der Waals surface area contributed by atoms with Gasteiger partial charge in [0, 0.05) is 36.6 Å². The van der Waals surface area contributed by atoms with Gasteiger partial charge in [-0.1, -0.05) is 0 Å². The highest BCUT2D eigenvalue weighted by Gasteiger charge is 2.34. The minimum Gasteiger partial charge on any atom is -0.340 e. The van der Waals surface area contributed by atoms with Gasteiger partial charge in [0.2, 0.25) is 11.6 Å². The average molecular weight is 343 g/mol. The molecule has 0 fully saturated rings. The van der Waals surface area contributed by atoms with Crippen LogP contribution in [0.5, 0.6) is 0 Å². The standard InChI is InChI=1S/C20H32N5/c1-15(2)22-11-13-24(17(22)5)19-9-8-10-20(21(19)7)25-14-12-23(16(3)4)18(25)6/h8-18H,1-7H3/q+1/t17-,18+. The largest absolute Gasteiger partial charge is 0.340 e. The fourth-order valence-corrected chi connectivity index (χ4v) is 3.91. The summed E-state index contributed by atoms with van der Waals surface area (Å²) in [5.41, 5.74) is 0. The molecule has 2 aliphatic heterocycles. The van der Waals surface area contributed by atoms with E-state index in [9.17, 15) is 0 Å². The lowest BCUT2D eigenvalue weighted by molar-refractivity contribution is -0.646. The van der Waals surface area contributed by atoms with Crippen LogP contribution < -0.4 is 14.4 Å². The highest BCUT2D eigenvalue weighted by atomic mass is 15.5. The molecule has 5 heteroatoms. The Morgan fingerprint density at radius 1 is 0.760 bits per heavy atom. The Hall–Kier alpha value is -2.17. The first-order valence-corrected chi connectivity index (χ1v) is 9.30. The van der Waals surface area contributed by atoms with Crippen molar-refractivity contribution in [3.63, 3.8) is 0 Å². The maximum Gasteiger partial charge on any atom is 0.229 e. The number of aromatic nitrogens is 1. The van der Waals surface area contributed by atoms with Gasteiger partial charge in [-0.25, -0.2) is 14.4 Å². The Morgan fingerprint density at radius 2 is 1.16 bits per heavy atom. The van der Waals surface area contributed by atoms with Gasteiger partial charge in [0.25, 0.3) is 0 Å². The first kappa shape index (κ1) is 17.6. The Bertz CT molecular complexity index is 624. The molecule has 0 saturated heterocycles. The Kier molecular flexibility index (Phi) is 4.67. The third kappa shape index (κ3) is 2.96. The molecule has 0 N–H and O–H groups in total. The molecule has 1 aromatic heterocycles. The lowest BCUT2D eigenvalue weighted by Gasteiger charge is -2.31. The zero-order valence-electron chi connectivity index (χ0n) is 16.6. The molecule has 0 radical (unpaired) electrons. The smallest absolute Gasteiger partial charge is 0.229 e. The molecule has 25 heavy (non-hydrogen) atoms. The van der Waals surface area contributed by atoms with Gasteiger partial charge in [-0.2, -0.15) is 0 Å². The van der Waals surface area contributed by atoms with E-state index in [2.05, 4.69) is 116 Å². The Balaban J connectivity index is 1.90. The van der Waals surface area contributed by atoms with Crippen LogP contribution in [0.4, 0.5) is 11.6 Å². The predicted molar refractivity (Wildman–Crippen MR) is 104 cm³/mol.